The molecule has 3 atom stereocenters. The predicted molar refractivity (Wildman–Crippen MR) is 112 cm³/mol. The number of hydrogen-bond acceptors (Lipinski definition) is 6. The molecule has 0 fully saturated rings. The fraction of sp³-hybridized carbons (Fsp3) is 0.682. The second-order valence-corrected chi connectivity index (χ2v) is 7.78. The summed E-state index contributed by atoms with van der Waals surface area (Å²) in [6.45, 7) is 12.9. The van der Waals surface area contributed by atoms with E-state index < -0.39 is 16.6 Å². The summed E-state index contributed by atoms with van der Waals surface area (Å²) in [7, 11) is 0. The number of rotatable bonds is 9. The number of hydrogen-bond donors (Lipinski definition) is 0. The van der Waals surface area contributed by atoms with Gasteiger partial charge in [0, 0.05) is 0 Å². The van der Waals surface area contributed by atoms with Crippen LogP contribution in [0.25, 0.3) is 0 Å². The summed E-state index contributed by atoms with van der Waals surface area (Å²) in [5.41, 5.74) is 1.49. The molecular formula is C22H33Cl3N6Ti. The Morgan fingerprint density at radius 1 is 0.562 bits per heavy atom. The molecule has 0 aromatic rings. The SMILES string of the molecule is CCC1=CC(CC)([C-](C2(CC)C=C(CC)N=N2)C2(CC)C=C(CC)N=N2)N=N1.[Cl-].[Cl-].[Cl-].[Ti+4]. The van der Waals surface area contributed by atoms with E-state index in [1.807, 2.05) is 0 Å². The van der Waals surface area contributed by atoms with E-state index in [4.69, 9.17) is 15.3 Å². The summed E-state index contributed by atoms with van der Waals surface area (Å²) < 4.78 is 0. The molecule has 3 aliphatic rings. The molecule has 10 heteroatoms. The molecule has 176 valence electrons. The number of nitrogens with zero attached hydrogens (tertiary/aromatic N) is 6. The van der Waals surface area contributed by atoms with Gasteiger partial charge in [0.05, 0.1) is 17.1 Å². The van der Waals surface area contributed by atoms with Crippen LogP contribution < -0.4 is 37.2 Å². The Hall–Kier alpha value is -0.396. The van der Waals surface area contributed by atoms with Gasteiger partial charge in [0.15, 0.2) is 0 Å². The summed E-state index contributed by atoms with van der Waals surface area (Å²) >= 11 is 0. The summed E-state index contributed by atoms with van der Waals surface area (Å²) in [4.78, 5) is 0. The fourth-order valence-corrected chi connectivity index (χ4v) is 4.52. The van der Waals surface area contributed by atoms with Crippen LogP contribution in [0, 0.1) is 5.92 Å². The van der Waals surface area contributed by atoms with E-state index in [1.165, 1.54) is 0 Å². The maximum atomic E-state index is 4.85. The van der Waals surface area contributed by atoms with Crippen LogP contribution in [0.1, 0.15) is 80.1 Å². The van der Waals surface area contributed by atoms with Gasteiger partial charge < -0.3 is 37.2 Å². The van der Waals surface area contributed by atoms with Gasteiger partial charge in [0.25, 0.3) is 0 Å². The monoisotopic (exact) mass is 534 g/mol. The summed E-state index contributed by atoms with van der Waals surface area (Å²) in [5, 5.41) is 28.1. The molecule has 0 amide bonds. The second-order valence-electron chi connectivity index (χ2n) is 7.78. The van der Waals surface area contributed by atoms with Gasteiger partial charge in [0.2, 0.25) is 0 Å². The molecule has 0 saturated carbocycles. The van der Waals surface area contributed by atoms with E-state index in [0.29, 0.717) is 0 Å². The third-order valence-electron chi connectivity index (χ3n) is 6.29. The fourth-order valence-electron chi connectivity index (χ4n) is 4.52. The third-order valence-corrected chi connectivity index (χ3v) is 6.29. The van der Waals surface area contributed by atoms with Crippen molar-refractivity contribution in [3.8, 4) is 0 Å². The maximum Gasteiger partial charge on any atom is 4.00 e. The standard InChI is InChI=1S/C22H33N6.3ClH.Ti/c1-7-16-13-20(10-4,26-23-16)19(21(11-5)14-17(8-2)24-27-21)22(12-6)15-18(9-3)25-28-22;;;;/h13-15H,7-12H2,1-6H3;3*1H;/q-1;;;;+4/p-3. The molecule has 0 aromatic carbocycles. The first-order valence-electron chi connectivity index (χ1n) is 10.8. The Kier molecular flexibility index (Phi) is 14.2. The quantitative estimate of drug-likeness (QED) is 0.249. The summed E-state index contributed by atoms with van der Waals surface area (Å²) in [5.74, 6) is 1.16. The Bertz CT molecular complexity index is 705. The Morgan fingerprint density at radius 2 is 0.812 bits per heavy atom. The average Bonchev–Trinajstić information content (AvgIpc) is 3.46. The zero-order valence-corrected chi connectivity index (χ0v) is 23.6. The number of azo groups is 3. The molecule has 3 aliphatic heterocycles. The van der Waals surface area contributed by atoms with Crippen molar-refractivity contribution in [1.82, 2.24) is 0 Å². The molecule has 0 bridgehead atoms. The van der Waals surface area contributed by atoms with Crippen LogP contribution in [-0.2, 0) is 21.7 Å². The number of allylic oxidation sites excluding steroid dienone is 3. The minimum atomic E-state index is -0.533. The van der Waals surface area contributed by atoms with Crippen LogP contribution >= 0.6 is 0 Å². The van der Waals surface area contributed by atoms with E-state index in [-0.39, 0.29) is 58.9 Å². The van der Waals surface area contributed by atoms with Crippen LogP contribution in [0.3, 0.4) is 0 Å². The molecule has 0 N–H and O–H groups in total. The Balaban J connectivity index is 0. The van der Waals surface area contributed by atoms with E-state index in [9.17, 15) is 0 Å². The molecule has 32 heavy (non-hydrogen) atoms. The molecule has 3 rings (SSSR count). The van der Waals surface area contributed by atoms with E-state index >= 15 is 0 Å². The first-order chi connectivity index (χ1) is 13.5. The van der Waals surface area contributed by atoms with E-state index in [0.717, 1.165) is 61.5 Å². The molecule has 3 heterocycles. The predicted octanol–water partition coefficient (Wildman–Crippen LogP) is -1.70. The van der Waals surface area contributed by atoms with Gasteiger partial charge >= 0.3 is 21.7 Å². The molecule has 0 saturated heterocycles. The van der Waals surface area contributed by atoms with Crippen LogP contribution in [0.5, 0.6) is 0 Å². The maximum absolute atomic E-state index is 4.85. The minimum Gasteiger partial charge on any atom is -1.00 e. The minimum absolute atomic E-state index is 0. The summed E-state index contributed by atoms with van der Waals surface area (Å²) in [6, 6.07) is 0. The van der Waals surface area contributed by atoms with Gasteiger partial charge in [-0.3, -0.25) is 0 Å². The normalized spacial score (nSPS) is 29.5. The van der Waals surface area contributed by atoms with Crippen molar-refractivity contribution in [2.24, 2.45) is 30.7 Å². The Morgan fingerprint density at radius 3 is 0.969 bits per heavy atom. The third kappa shape index (κ3) is 5.63. The zero-order valence-electron chi connectivity index (χ0n) is 19.8. The van der Waals surface area contributed by atoms with Gasteiger partial charge in [-0.1, -0.05) is 79.0 Å². The molecule has 3 unspecified atom stereocenters. The van der Waals surface area contributed by atoms with Gasteiger partial charge in [-0.25, -0.2) is 21.3 Å². The largest absolute Gasteiger partial charge is 4.00 e. The second kappa shape index (κ2) is 13.5. The zero-order chi connectivity index (χ0) is 20.4. The van der Waals surface area contributed by atoms with E-state index in [2.05, 4.69) is 75.1 Å². The van der Waals surface area contributed by atoms with Crippen LogP contribution in [0.4, 0.5) is 0 Å². The van der Waals surface area contributed by atoms with Crippen LogP contribution in [0.2, 0.25) is 0 Å². The molecule has 0 spiro atoms. The van der Waals surface area contributed by atoms with Crippen molar-refractivity contribution >= 4 is 0 Å². The van der Waals surface area contributed by atoms with Crippen molar-refractivity contribution in [3.63, 3.8) is 0 Å². The number of halogens is 3. The summed E-state index contributed by atoms with van der Waals surface area (Å²) in [6.07, 6.45) is 11.7. The first-order valence-corrected chi connectivity index (χ1v) is 10.8. The van der Waals surface area contributed by atoms with Gasteiger partial charge in [-0.15, -0.1) is 0 Å². The molecule has 0 aliphatic carbocycles. The van der Waals surface area contributed by atoms with Gasteiger partial charge in [0.1, 0.15) is 0 Å². The van der Waals surface area contributed by atoms with Gasteiger partial charge in [-0.2, -0.15) is 15.3 Å². The van der Waals surface area contributed by atoms with Crippen molar-refractivity contribution < 1.29 is 58.9 Å². The van der Waals surface area contributed by atoms with E-state index in [1.54, 1.807) is 0 Å². The molecule has 6 nitrogen and oxygen atoms in total. The van der Waals surface area contributed by atoms with Crippen molar-refractivity contribution in [2.75, 3.05) is 0 Å². The van der Waals surface area contributed by atoms with Crippen LogP contribution in [0.15, 0.2) is 66.0 Å². The average molecular weight is 536 g/mol. The van der Waals surface area contributed by atoms with Gasteiger partial charge in [-0.05, 0) is 35.9 Å². The van der Waals surface area contributed by atoms with Crippen LogP contribution in [-0.4, -0.2) is 16.6 Å². The molecular weight excluding hydrogens is 503 g/mol. The smallest absolute Gasteiger partial charge is 1.00 e. The van der Waals surface area contributed by atoms with Crippen molar-refractivity contribution in [1.29, 1.82) is 0 Å². The van der Waals surface area contributed by atoms with Crippen molar-refractivity contribution in [3.05, 3.63) is 41.2 Å². The Labute approximate surface area is 226 Å². The van der Waals surface area contributed by atoms with Crippen molar-refractivity contribution in [2.45, 2.75) is 96.7 Å². The first kappa shape index (κ1) is 33.8. The molecule has 0 aromatic heterocycles. The topological polar surface area (TPSA) is 74.2 Å². The molecule has 0 radical (unpaired) electrons.